The molecular weight excluding hydrogens is 238 g/mol. The van der Waals surface area contributed by atoms with Gasteiger partial charge in [-0.25, -0.2) is 0 Å². The van der Waals surface area contributed by atoms with Gasteiger partial charge in [0.1, 0.15) is 0 Å². The number of aliphatic carboxylic acids is 1. The van der Waals surface area contributed by atoms with Crippen molar-refractivity contribution >= 4 is 23.6 Å². The average Bonchev–Trinajstić information content (AvgIpc) is 2.39. The minimum atomic E-state index is -0.703. The molecule has 5 heteroatoms. The maximum atomic E-state index is 12.2. The number of amides is 1. The molecule has 1 aliphatic carbocycles. The van der Waals surface area contributed by atoms with Crippen molar-refractivity contribution in [1.82, 2.24) is 4.90 Å². The molecule has 0 aromatic carbocycles. The van der Waals surface area contributed by atoms with Crippen LogP contribution in [0.3, 0.4) is 0 Å². The van der Waals surface area contributed by atoms with E-state index in [1.807, 2.05) is 16.7 Å². The first-order chi connectivity index (χ1) is 8.18. The largest absolute Gasteiger partial charge is 0.481 e. The molecule has 4 nitrogen and oxygen atoms in total. The lowest BCUT2D eigenvalue weighted by molar-refractivity contribution is -0.145. The van der Waals surface area contributed by atoms with E-state index < -0.39 is 5.97 Å². The molecule has 1 N–H and O–H groups in total. The van der Waals surface area contributed by atoms with Crippen molar-refractivity contribution in [3.8, 4) is 0 Å². The first-order valence-corrected chi connectivity index (χ1v) is 7.43. The minimum absolute atomic E-state index is 0.0775. The summed E-state index contributed by atoms with van der Waals surface area (Å²) in [6.45, 7) is 1.73. The molecule has 1 amide bonds. The van der Waals surface area contributed by atoms with Gasteiger partial charge in [-0.3, -0.25) is 9.59 Å². The number of thioether (sulfide) groups is 1. The Morgan fingerprint density at radius 1 is 1.00 bits per heavy atom. The zero-order valence-electron chi connectivity index (χ0n) is 9.93. The molecule has 17 heavy (non-hydrogen) atoms. The van der Waals surface area contributed by atoms with Crippen LogP contribution >= 0.6 is 11.8 Å². The van der Waals surface area contributed by atoms with Crippen molar-refractivity contribution in [1.29, 1.82) is 0 Å². The maximum absolute atomic E-state index is 12.2. The van der Waals surface area contributed by atoms with Crippen LogP contribution in [0.4, 0.5) is 0 Å². The summed E-state index contributed by atoms with van der Waals surface area (Å²) in [4.78, 5) is 25.0. The van der Waals surface area contributed by atoms with Gasteiger partial charge >= 0.3 is 5.97 Å². The molecule has 96 valence electrons. The monoisotopic (exact) mass is 257 g/mol. The van der Waals surface area contributed by atoms with Gasteiger partial charge in [0.2, 0.25) is 5.91 Å². The number of rotatable bonds is 2. The third-order valence-electron chi connectivity index (χ3n) is 3.75. The quantitative estimate of drug-likeness (QED) is 0.813. The van der Waals surface area contributed by atoms with Crippen LogP contribution in [-0.2, 0) is 9.59 Å². The highest BCUT2D eigenvalue weighted by Crippen LogP contribution is 2.30. The molecule has 2 aliphatic rings. The molecule has 2 fully saturated rings. The molecule has 1 aliphatic heterocycles. The van der Waals surface area contributed by atoms with E-state index in [4.69, 9.17) is 5.11 Å². The fourth-order valence-electron chi connectivity index (χ4n) is 2.63. The van der Waals surface area contributed by atoms with Crippen LogP contribution in [0.5, 0.6) is 0 Å². The van der Waals surface area contributed by atoms with Crippen molar-refractivity contribution in [3.63, 3.8) is 0 Å². The topological polar surface area (TPSA) is 57.6 Å². The molecule has 0 atom stereocenters. The molecule has 0 spiro atoms. The Labute approximate surface area is 106 Å². The van der Waals surface area contributed by atoms with Gasteiger partial charge in [0.15, 0.2) is 0 Å². The summed E-state index contributed by atoms with van der Waals surface area (Å²) in [6.07, 6.45) is 2.82. The molecule has 0 bridgehead atoms. The van der Waals surface area contributed by atoms with Gasteiger partial charge in [-0.15, -0.1) is 0 Å². The third kappa shape index (κ3) is 3.15. The highest BCUT2D eigenvalue weighted by Gasteiger charge is 2.32. The van der Waals surface area contributed by atoms with E-state index >= 15 is 0 Å². The van der Waals surface area contributed by atoms with Crippen molar-refractivity contribution in [2.45, 2.75) is 25.7 Å². The van der Waals surface area contributed by atoms with Crippen molar-refractivity contribution in [2.75, 3.05) is 24.6 Å². The SMILES string of the molecule is O=C(O)C1CCC(C(=O)N2CCSCC2)CC1. The highest BCUT2D eigenvalue weighted by molar-refractivity contribution is 7.99. The van der Waals surface area contributed by atoms with Crippen LogP contribution in [0.2, 0.25) is 0 Å². The lowest BCUT2D eigenvalue weighted by atomic mass is 9.81. The molecule has 0 aromatic heterocycles. The Kier molecular flexibility index (Phi) is 4.31. The summed E-state index contributed by atoms with van der Waals surface area (Å²) in [5, 5.41) is 8.91. The Bertz CT molecular complexity index is 294. The van der Waals surface area contributed by atoms with Gasteiger partial charge in [0.25, 0.3) is 0 Å². The minimum Gasteiger partial charge on any atom is -0.481 e. The van der Waals surface area contributed by atoms with Crippen molar-refractivity contribution < 1.29 is 14.7 Å². The van der Waals surface area contributed by atoms with E-state index in [9.17, 15) is 9.59 Å². The number of hydrogen-bond donors (Lipinski definition) is 1. The predicted molar refractivity (Wildman–Crippen MR) is 67.0 cm³/mol. The van der Waals surface area contributed by atoms with Gasteiger partial charge in [-0.05, 0) is 25.7 Å². The summed E-state index contributed by atoms with van der Waals surface area (Å²) < 4.78 is 0. The zero-order valence-corrected chi connectivity index (χ0v) is 10.7. The standard InChI is InChI=1S/C12H19NO3S/c14-11(13-5-7-17-8-6-13)9-1-3-10(4-2-9)12(15)16/h9-10H,1-8H2,(H,15,16). The van der Waals surface area contributed by atoms with Crippen LogP contribution in [0.1, 0.15) is 25.7 Å². The van der Waals surface area contributed by atoms with Crippen molar-refractivity contribution in [2.24, 2.45) is 11.8 Å². The van der Waals surface area contributed by atoms with Crippen LogP contribution < -0.4 is 0 Å². The zero-order chi connectivity index (χ0) is 12.3. The number of carbonyl (C=O) groups is 2. The number of carboxylic acid groups (broad SMARTS) is 1. The summed E-state index contributed by atoms with van der Waals surface area (Å²) in [5.74, 6) is 1.48. The van der Waals surface area contributed by atoms with Crippen LogP contribution in [0.25, 0.3) is 0 Å². The van der Waals surface area contributed by atoms with E-state index in [1.54, 1.807) is 0 Å². The van der Waals surface area contributed by atoms with E-state index in [0.717, 1.165) is 37.4 Å². The predicted octanol–water partition coefficient (Wildman–Crippen LogP) is 1.45. The summed E-state index contributed by atoms with van der Waals surface area (Å²) in [7, 11) is 0. The second kappa shape index (κ2) is 5.76. The summed E-state index contributed by atoms with van der Waals surface area (Å²) in [6, 6.07) is 0. The summed E-state index contributed by atoms with van der Waals surface area (Å²) in [5.41, 5.74) is 0. The lowest BCUT2D eigenvalue weighted by Crippen LogP contribution is -2.42. The van der Waals surface area contributed by atoms with Gasteiger partial charge in [0.05, 0.1) is 5.92 Å². The van der Waals surface area contributed by atoms with Crippen LogP contribution in [-0.4, -0.2) is 46.5 Å². The fourth-order valence-corrected chi connectivity index (χ4v) is 3.53. The van der Waals surface area contributed by atoms with E-state index in [0.29, 0.717) is 12.8 Å². The van der Waals surface area contributed by atoms with Gasteiger partial charge in [0, 0.05) is 30.5 Å². The summed E-state index contributed by atoms with van der Waals surface area (Å²) >= 11 is 1.90. The number of hydrogen-bond acceptors (Lipinski definition) is 3. The van der Waals surface area contributed by atoms with Gasteiger partial charge in [-0.2, -0.15) is 11.8 Å². The first-order valence-electron chi connectivity index (χ1n) is 6.28. The molecule has 0 aromatic rings. The molecule has 0 unspecified atom stereocenters. The Morgan fingerprint density at radius 2 is 1.53 bits per heavy atom. The molecule has 0 radical (unpaired) electrons. The Morgan fingerprint density at radius 3 is 2.06 bits per heavy atom. The second-order valence-corrected chi connectivity index (χ2v) is 6.05. The highest BCUT2D eigenvalue weighted by atomic mass is 32.2. The van der Waals surface area contributed by atoms with Crippen molar-refractivity contribution in [3.05, 3.63) is 0 Å². The number of carbonyl (C=O) groups excluding carboxylic acids is 1. The van der Waals surface area contributed by atoms with E-state index in [-0.39, 0.29) is 17.7 Å². The van der Waals surface area contributed by atoms with Crippen LogP contribution in [0, 0.1) is 11.8 Å². The van der Waals surface area contributed by atoms with Gasteiger partial charge < -0.3 is 10.0 Å². The maximum Gasteiger partial charge on any atom is 0.306 e. The normalized spacial score (nSPS) is 30.0. The Hall–Kier alpha value is -0.710. The Balaban J connectivity index is 1.83. The molecule has 1 saturated carbocycles. The van der Waals surface area contributed by atoms with E-state index in [2.05, 4.69) is 0 Å². The fraction of sp³-hybridized carbons (Fsp3) is 0.833. The first kappa shape index (κ1) is 12.7. The smallest absolute Gasteiger partial charge is 0.306 e. The van der Waals surface area contributed by atoms with Gasteiger partial charge in [-0.1, -0.05) is 0 Å². The van der Waals surface area contributed by atoms with Crippen LogP contribution in [0.15, 0.2) is 0 Å². The molecule has 2 rings (SSSR count). The van der Waals surface area contributed by atoms with E-state index in [1.165, 1.54) is 0 Å². The second-order valence-electron chi connectivity index (χ2n) is 4.82. The number of nitrogens with zero attached hydrogens (tertiary/aromatic N) is 1. The average molecular weight is 257 g/mol. The molecular formula is C12H19NO3S. The third-order valence-corrected chi connectivity index (χ3v) is 4.69. The lowest BCUT2D eigenvalue weighted by Gasteiger charge is -2.32. The number of carboxylic acids is 1. The molecule has 1 saturated heterocycles. The molecule has 1 heterocycles.